The number of hydrogen-bond acceptors (Lipinski definition) is 4. The second kappa shape index (κ2) is 12.8. The van der Waals surface area contributed by atoms with Crippen LogP contribution in [0.15, 0.2) is 27.7 Å². The molecule has 30 heavy (non-hydrogen) atoms. The van der Waals surface area contributed by atoms with Crippen LogP contribution in [0.1, 0.15) is 55.3 Å². The van der Waals surface area contributed by atoms with Crippen molar-refractivity contribution in [2.24, 2.45) is 10.9 Å². The number of aliphatic imine (C=N–C) groups is 1. The average molecular weight is 528 g/mol. The summed E-state index contributed by atoms with van der Waals surface area (Å²) >= 11 is 0. The first kappa shape index (κ1) is 26.3. The molecule has 2 aromatic rings. The van der Waals surface area contributed by atoms with Crippen molar-refractivity contribution >= 4 is 29.9 Å². The van der Waals surface area contributed by atoms with Gasteiger partial charge in [-0.25, -0.2) is 0 Å². The van der Waals surface area contributed by atoms with Crippen LogP contribution in [0.25, 0.3) is 0 Å². The Morgan fingerprint density at radius 1 is 1.17 bits per heavy atom. The van der Waals surface area contributed by atoms with Crippen molar-refractivity contribution in [1.82, 2.24) is 15.8 Å². The van der Waals surface area contributed by atoms with Gasteiger partial charge in [0.05, 0.1) is 11.8 Å². The van der Waals surface area contributed by atoms with E-state index < -0.39 is 0 Å². The number of aryl methyl sites for hydroxylation is 3. The molecule has 6 nitrogen and oxygen atoms in total. The summed E-state index contributed by atoms with van der Waals surface area (Å²) in [4.78, 5) is 4.33. The maximum absolute atomic E-state index is 6.24. The number of halogens is 1. The molecule has 0 aliphatic rings. The van der Waals surface area contributed by atoms with E-state index in [1.807, 2.05) is 13.8 Å². The van der Waals surface area contributed by atoms with Gasteiger partial charge in [0, 0.05) is 31.3 Å². The van der Waals surface area contributed by atoms with Gasteiger partial charge in [-0.1, -0.05) is 31.1 Å². The summed E-state index contributed by atoms with van der Waals surface area (Å²) in [5, 5.41) is 10.8. The zero-order valence-corrected chi connectivity index (χ0v) is 21.7. The Hall–Kier alpha value is -1.77. The summed E-state index contributed by atoms with van der Waals surface area (Å²) in [5.74, 6) is 3.19. The molecule has 0 aliphatic carbocycles. The van der Waals surface area contributed by atoms with Crippen LogP contribution < -0.4 is 15.4 Å². The Morgan fingerprint density at radius 2 is 1.90 bits per heavy atom. The standard InChI is InChI=1S/C23H36N4O2.HI/c1-15(2)12-17(4)28-22-13-16(3)8-9-20(22)14-26-23(24-7)25-11-10-21-18(5)27-29-19(21)6;/h8-9,13,15,17H,10-12,14H2,1-7H3,(H2,24,25,26);1H. The van der Waals surface area contributed by atoms with Gasteiger partial charge in [0.1, 0.15) is 11.5 Å². The van der Waals surface area contributed by atoms with Gasteiger partial charge in [0.25, 0.3) is 0 Å². The summed E-state index contributed by atoms with van der Waals surface area (Å²) in [5.41, 5.74) is 4.42. The minimum Gasteiger partial charge on any atom is -0.490 e. The van der Waals surface area contributed by atoms with Gasteiger partial charge in [-0.2, -0.15) is 0 Å². The Balaban J connectivity index is 0.00000450. The Kier molecular flexibility index (Phi) is 11.2. The normalized spacial score (nSPS) is 12.5. The van der Waals surface area contributed by atoms with Gasteiger partial charge in [0.15, 0.2) is 5.96 Å². The quantitative estimate of drug-likeness (QED) is 0.274. The molecule has 0 aliphatic heterocycles. The molecule has 1 unspecified atom stereocenters. The van der Waals surface area contributed by atoms with E-state index in [1.165, 1.54) is 5.56 Å². The van der Waals surface area contributed by atoms with E-state index in [4.69, 9.17) is 9.26 Å². The van der Waals surface area contributed by atoms with Crippen LogP contribution in [-0.2, 0) is 13.0 Å². The summed E-state index contributed by atoms with van der Waals surface area (Å²) < 4.78 is 11.5. The largest absolute Gasteiger partial charge is 0.490 e. The molecular formula is C23H37IN4O2. The van der Waals surface area contributed by atoms with E-state index >= 15 is 0 Å². The molecule has 7 heteroatoms. The third-order valence-corrected chi connectivity index (χ3v) is 4.87. The maximum atomic E-state index is 6.24. The highest BCUT2D eigenvalue weighted by molar-refractivity contribution is 14.0. The number of benzene rings is 1. The van der Waals surface area contributed by atoms with Crippen molar-refractivity contribution in [2.75, 3.05) is 13.6 Å². The number of aromatic nitrogens is 1. The molecule has 0 amide bonds. The second-order valence-corrected chi connectivity index (χ2v) is 8.07. The van der Waals surface area contributed by atoms with Crippen molar-refractivity contribution in [2.45, 2.75) is 67.0 Å². The molecule has 1 aromatic carbocycles. The minimum atomic E-state index is 0. The number of rotatable bonds is 9. The van der Waals surface area contributed by atoms with Gasteiger partial charge >= 0.3 is 0 Å². The summed E-state index contributed by atoms with van der Waals surface area (Å²) in [6.07, 6.45) is 2.06. The molecule has 2 rings (SSSR count). The van der Waals surface area contributed by atoms with Crippen LogP contribution in [0.3, 0.4) is 0 Å². The Morgan fingerprint density at radius 3 is 2.50 bits per heavy atom. The van der Waals surface area contributed by atoms with E-state index in [0.29, 0.717) is 12.5 Å². The predicted octanol–water partition coefficient (Wildman–Crippen LogP) is 4.94. The number of ether oxygens (including phenoxy) is 1. The molecule has 0 saturated carbocycles. The van der Waals surface area contributed by atoms with Gasteiger partial charge in [-0.05, 0) is 58.1 Å². The van der Waals surface area contributed by atoms with Crippen LogP contribution in [0.2, 0.25) is 0 Å². The molecule has 1 heterocycles. The summed E-state index contributed by atoms with van der Waals surface area (Å²) in [6.45, 7) is 14.0. The van der Waals surface area contributed by atoms with E-state index in [2.05, 4.69) is 66.7 Å². The van der Waals surface area contributed by atoms with E-state index in [9.17, 15) is 0 Å². The average Bonchev–Trinajstić information content (AvgIpc) is 2.96. The van der Waals surface area contributed by atoms with Crippen LogP contribution in [0.5, 0.6) is 5.75 Å². The predicted molar refractivity (Wildman–Crippen MR) is 134 cm³/mol. The highest BCUT2D eigenvalue weighted by Gasteiger charge is 2.12. The SMILES string of the molecule is CN=C(NCCc1c(C)noc1C)NCc1ccc(C)cc1OC(C)CC(C)C.I. The van der Waals surface area contributed by atoms with Gasteiger partial charge in [-0.3, -0.25) is 4.99 Å². The highest BCUT2D eigenvalue weighted by Crippen LogP contribution is 2.23. The zero-order valence-electron chi connectivity index (χ0n) is 19.3. The van der Waals surface area contributed by atoms with Crippen molar-refractivity contribution in [1.29, 1.82) is 0 Å². The van der Waals surface area contributed by atoms with Crippen LogP contribution in [0, 0.1) is 26.7 Å². The van der Waals surface area contributed by atoms with E-state index in [-0.39, 0.29) is 30.1 Å². The molecular weight excluding hydrogens is 491 g/mol. The third kappa shape index (κ3) is 8.16. The minimum absolute atomic E-state index is 0. The summed E-state index contributed by atoms with van der Waals surface area (Å²) in [6, 6.07) is 6.35. The van der Waals surface area contributed by atoms with Crippen LogP contribution in [0.4, 0.5) is 0 Å². The maximum Gasteiger partial charge on any atom is 0.191 e. The number of guanidine groups is 1. The first-order valence-corrected chi connectivity index (χ1v) is 10.4. The molecule has 0 saturated heterocycles. The Bertz CT molecular complexity index is 798. The van der Waals surface area contributed by atoms with Gasteiger partial charge in [0.2, 0.25) is 0 Å². The number of nitrogens with one attached hydrogen (secondary N) is 2. The van der Waals surface area contributed by atoms with Crippen LogP contribution in [-0.4, -0.2) is 30.8 Å². The lowest BCUT2D eigenvalue weighted by Gasteiger charge is -2.20. The lowest BCUT2D eigenvalue weighted by Crippen LogP contribution is -2.38. The lowest BCUT2D eigenvalue weighted by molar-refractivity contribution is 0.191. The molecule has 1 aromatic heterocycles. The van der Waals surface area contributed by atoms with Crippen molar-refractivity contribution in [3.63, 3.8) is 0 Å². The fourth-order valence-corrected chi connectivity index (χ4v) is 3.41. The smallest absolute Gasteiger partial charge is 0.191 e. The number of nitrogens with zero attached hydrogens (tertiary/aromatic N) is 2. The van der Waals surface area contributed by atoms with E-state index in [1.54, 1.807) is 7.05 Å². The lowest BCUT2D eigenvalue weighted by atomic mass is 10.1. The van der Waals surface area contributed by atoms with Crippen LogP contribution >= 0.6 is 24.0 Å². The first-order chi connectivity index (χ1) is 13.8. The fourth-order valence-electron chi connectivity index (χ4n) is 3.41. The van der Waals surface area contributed by atoms with Gasteiger partial charge in [-0.15, -0.1) is 24.0 Å². The van der Waals surface area contributed by atoms with Crippen molar-refractivity contribution < 1.29 is 9.26 Å². The van der Waals surface area contributed by atoms with Gasteiger partial charge < -0.3 is 19.9 Å². The highest BCUT2D eigenvalue weighted by atomic mass is 127. The molecule has 168 valence electrons. The van der Waals surface area contributed by atoms with E-state index in [0.717, 1.165) is 53.7 Å². The Labute approximate surface area is 198 Å². The molecule has 1 atom stereocenters. The van der Waals surface area contributed by atoms with Crippen molar-refractivity contribution in [3.8, 4) is 5.75 Å². The molecule has 2 N–H and O–H groups in total. The number of hydrogen-bond donors (Lipinski definition) is 2. The fraction of sp³-hybridized carbons (Fsp3) is 0.565. The topological polar surface area (TPSA) is 71.7 Å². The molecule has 0 bridgehead atoms. The first-order valence-electron chi connectivity index (χ1n) is 10.4. The van der Waals surface area contributed by atoms with Crippen molar-refractivity contribution in [3.05, 3.63) is 46.3 Å². The third-order valence-electron chi connectivity index (χ3n) is 4.87. The summed E-state index contributed by atoms with van der Waals surface area (Å²) in [7, 11) is 1.78. The zero-order chi connectivity index (χ0) is 21.4. The molecule has 0 radical (unpaired) electrons. The monoisotopic (exact) mass is 528 g/mol. The molecule has 0 fully saturated rings. The second-order valence-electron chi connectivity index (χ2n) is 8.07. The molecule has 0 spiro atoms.